The van der Waals surface area contributed by atoms with Gasteiger partial charge in [-0.05, 0) is 56.2 Å². The van der Waals surface area contributed by atoms with Crippen LogP contribution in [0.1, 0.15) is 40.7 Å². The van der Waals surface area contributed by atoms with Crippen molar-refractivity contribution >= 4 is 11.8 Å². The van der Waals surface area contributed by atoms with Gasteiger partial charge in [0.2, 0.25) is 0 Å². The third kappa shape index (κ3) is 3.97. The van der Waals surface area contributed by atoms with Crippen molar-refractivity contribution in [2.75, 3.05) is 13.1 Å². The molecule has 166 valence electrons. The minimum atomic E-state index is -0.299. The molecule has 2 amide bonds. The van der Waals surface area contributed by atoms with Gasteiger partial charge in [0.05, 0.1) is 6.04 Å². The molecular weight excluding hydrogens is 400 g/mol. The molecule has 0 radical (unpaired) electrons. The summed E-state index contributed by atoms with van der Waals surface area (Å²) in [5.74, 6) is 0.211. The number of likely N-dealkylation sites (tertiary alicyclic amines) is 1. The van der Waals surface area contributed by atoms with Crippen LogP contribution in [-0.2, 0) is 11.2 Å². The fourth-order valence-electron chi connectivity index (χ4n) is 5.25. The summed E-state index contributed by atoms with van der Waals surface area (Å²) in [6.45, 7) is 3.53. The van der Waals surface area contributed by atoms with Gasteiger partial charge in [-0.1, -0.05) is 48.0 Å². The van der Waals surface area contributed by atoms with Gasteiger partial charge in [-0.2, -0.15) is 0 Å². The summed E-state index contributed by atoms with van der Waals surface area (Å²) in [5, 5.41) is 9.96. The van der Waals surface area contributed by atoms with E-state index in [1.165, 1.54) is 5.56 Å². The molecule has 0 bridgehead atoms. The Balaban J connectivity index is 1.45. The average Bonchev–Trinajstić information content (AvgIpc) is 3.23. The zero-order chi connectivity index (χ0) is 22.1. The first-order valence-electron chi connectivity index (χ1n) is 11.6. The first-order valence-corrected chi connectivity index (χ1v) is 11.6. The Bertz CT molecular complexity index is 1030. The fraction of sp³-hybridized carbons (Fsp3) is 0.385. The van der Waals surface area contributed by atoms with Gasteiger partial charge in [0, 0.05) is 24.4 Å². The molecule has 3 aliphatic heterocycles. The molecule has 0 saturated carbocycles. The maximum Gasteiger partial charge on any atom is 0.270 e. The lowest BCUT2D eigenvalue weighted by Crippen LogP contribution is -2.63. The van der Waals surface area contributed by atoms with Crippen LogP contribution < -0.4 is 16.0 Å². The van der Waals surface area contributed by atoms with Crippen LogP contribution in [0.4, 0.5) is 0 Å². The molecule has 32 heavy (non-hydrogen) atoms. The van der Waals surface area contributed by atoms with Crippen LogP contribution in [0.5, 0.6) is 0 Å². The quantitative estimate of drug-likeness (QED) is 0.697. The van der Waals surface area contributed by atoms with Crippen molar-refractivity contribution in [2.24, 2.45) is 5.92 Å². The minimum Gasteiger partial charge on any atom is -0.379 e. The molecule has 3 heterocycles. The van der Waals surface area contributed by atoms with Crippen molar-refractivity contribution < 1.29 is 9.59 Å². The first kappa shape index (κ1) is 20.6. The molecule has 1 fully saturated rings. The van der Waals surface area contributed by atoms with Crippen molar-refractivity contribution in [1.29, 1.82) is 0 Å². The van der Waals surface area contributed by atoms with Gasteiger partial charge < -0.3 is 20.9 Å². The number of rotatable bonds is 4. The molecule has 3 atom stereocenters. The van der Waals surface area contributed by atoms with Gasteiger partial charge in [0.1, 0.15) is 11.9 Å². The second-order valence-corrected chi connectivity index (χ2v) is 9.07. The Hall–Kier alpha value is -3.28. The van der Waals surface area contributed by atoms with Gasteiger partial charge in [-0.25, -0.2) is 0 Å². The molecule has 0 spiro atoms. The zero-order valence-corrected chi connectivity index (χ0v) is 18.4. The van der Waals surface area contributed by atoms with E-state index in [0.29, 0.717) is 17.8 Å². The van der Waals surface area contributed by atoms with Crippen LogP contribution in [0, 0.1) is 12.8 Å². The number of amides is 2. The van der Waals surface area contributed by atoms with Crippen molar-refractivity contribution in [3.8, 4) is 0 Å². The third-order valence-electron chi connectivity index (χ3n) is 6.88. The third-order valence-corrected chi connectivity index (χ3v) is 6.88. The van der Waals surface area contributed by atoms with E-state index in [2.05, 4.69) is 40.2 Å². The second kappa shape index (κ2) is 8.69. The number of hydrogen-bond donors (Lipinski definition) is 3. The zero-order valence-electron chi connectivity index (χ0n) is 18.4. The van der Waals surface area contributed by atoms with Gasteiger partial charge >= 0.3 is 0 Å². The molecule has 3 aliphatic rings. The monoisotopic (exact) mass is 430 g/mol. The normalized spacial score (nSPS) is 25.0. The van der Waals surface area contributed by atoms with E-state index >= 15 is 0 Å². The molecule has 3 N–H and O–H groups in total. The number of hydrogen-bond acceptors (Lipinski definition) is 4. The molecule has 2 aromatic rings. The number of nitrogens with one attached hydrogen (secondary N) is 3. The van der Waals surface area contributed by atoms with Crippen LogP contribution in [0.2, 0.25) is 0 Å². The molecule has 3 unspecified atom stereocenters. The second-order valence-electron chi connectivity index (χ2n) is 9.07. The lowest BCUT2D eigenvalue weighted by molar-refractivity contribution is -0.120. The van der Waals surface area contributed by atoms with E-state index in [-0.39, 0.29) is 29.9 Å². The highest BCUT2D eigenvalue weighted by Gasteiger charge is 2.45. The van der Waals surface area contributed by atoms with Crippen LogP contribution in [0.25, 0.3) is 0 Å². The number of allylic oxidation sites excluding steroid dienone is 1. The Labute approximate surface area is 189 Å². The number of carbonyl (C=O) groups excluding carboxylic acids is 2. The van der Waals surface area contributed by atoms with Crippen LogP contribution in [-0.4, -0.2) is 42.0 Å². The largest absolute Gasteiger partial charge is 0.379 e. The summed E-state index contributed by atoms with van der Waals surface area (Å²) in [6.07, 6.45) is 3.34. The van der Waals surface area contributed by atoms with E-state index in [0.717, 1.165) is 43.5 Å². The lowest BCUT2D eigenvalue weighted by atomic mass is 9.89. The molecule has 1 saturated heterocycles. The van der Waals surface area contributed by atoms with E-state index in [1.54, 1.807) is 0 Å². The van der Waals surface area contributed by atoms with Crippen LogP contribution in [0.3, 0.4) is 0 Å². The highest BCUT2D eigenvalue weighted by Crippen LogP contribution is 2.32. The Morgan fingerprint density at radius 2 is 1.84 bits per heavy atom. The van der Waals surface area contributed by atoms with Gasteiger partial charge in [0.15, 0.2) is 0 Å². The Kier molecular flexibility index (Phi) is 5.60. The van der Waals surface area contributed by atoms with E-state index in [4.69, 9.17) is 0 Å². The molecule has 6 nitrogen and oxygen atoms in total. The summed E-state index contributed by atoms with van der Waals surface area (Å²) in [6, 6.07) is 18.0. The number of carbonyl (C=O) groups is 2. The van der Waals surface area contributed by atoms with Gasteiger partial charge in [-0.15, -0.1) is 0 Å². The van der Waals surface area contributed by atoms with Crippen molar-refractivity contribution in [2.45, 2.75) is 44.8 Å². The minimum absolute atomic E-state index is 0.0307. The summed E-state index contributed by atoms with van der Waals surface area (Å²) in [7, 11) is 0. The Morgan fingerprint density at radius 3 is 2.62 bits per heavy atom. The first-order chi connectivity index (χ1) is 15.6. The fourth-order valence-corrected chi connectivity index (χ4v) is 5.25. The van der Waals surface area contributed by atoms with E-state index in [9.17, 15) is 9.59 Å². The van der Waals surface area contributed by atoms with E-state index in [1.807, 2.05) is 42.2 Å². The predicted molar refractivity (Wildman–Crippen MR) is 124 cm³/mol. The highest BCUT2D eigenvalue weighted by molar-refractivity contribution is 5.96. The topological polar surface area (TPSA) is 73.5 Å². The number of aryl methyl sites for hydroxylation is 1. The summed E-state index contributed by atoms with van der Waals surface area (Å²) < 4.78 is 0. The molecule has 0 aromatic heterocycles. The molecule has 2 aromatic carbocycles. The van der Waals surface area contributed by atoms with Gasteiger partial charge in [-0.3, -0.25) is 9.59 Å². The number of nitrogens with zero attached hydrogens (tertiary/aromatic N) is 1. The summed E-state index contributed by atoms with van der Waals surface area (Å²) >= 11 is 0. The van der Waals surface area contributed by atoms with Crippen molar-refractivity contribution in [3.05, 3.63) is 82.7 Å². The SMILES string of the molecule is Cc1ccc(C(=O)N2CCC(Cc3ccccc3)C2C2NC(=O)C3=C(CCCN3)N2)cc1. The smallest absolute Gasteiger partial charge is 0.270 e. The molecule has 0 aliphatic carbocycles. The maximum absolute atomic E-state index is 13.5. The molecule has 5 rings (SSSR count). The predicted octanol–water partition coefficient (Wildman–Crippen LogP) is 2.71. The Morgan fingerprint density at radius 1 is 1.06 bits per heavy atom. The van der Waals surface area contributed by atoms with Crippen molar-refractivity contribution in [3.63, 3.8) is 0 Å². The van der Waals surface area contributed by atoms with Crippen LogP contribution in [0.15, 0.2) is 66.0 Å². The highest BCUT2D eigenvalue weighted by atomic mass is 16.2. The lowest BCUT2D eigenvalue weighted by Gasteiger charge is -2.40. The summed E-state index contributed by atoms with van der Waals surface area (Å²) in [4.78, 5) is 28.4. The average molecular weight is 431 g/mol. The number of benzene rings is 2. The molecular formula is C26H30N4O2. The van der Waals surface area contributed by atoms with Crippen molar-refractivity contribution in [1.82, 2.24) is 20.9 Å². The van der Waals surface area contributed by atoms with E-state index < -0.39 is 0 Å². The molecule has 6 heteroatoms. The maximum atomic E-state index is 13.5. The standard InChI is InChI=1S/C26H30N4O2/c1-17-9-11-19(12-10-17)26(32)30-15-13-20(16-18-6-3-2-4-7-18)23(30)24-28-21-8-5-14-27-22(21)25(31)29-24/h2-4,6-7,9-12,20,23-24,27-28H,5,8,13-16H2,1H3,(H,29,31). The summed E-state index contributed by atoms with van der Waals surface area (Å²) in [5.41, 5.74) is 4.71. The van der Waals surface area contributed by atoms with Crippen LogP contribution >= 0.6 is 0 Å². The van der Waals surface area contributed by atoms with Gasteiger partial charge in [0.25, 0.3) is 11.8 Å².